The Hall–Kier alpha value is -2.60. The van der Waals surface area contributed by atoms with E-state index in [4.69, 9.17) is 0 Å². The minimum Gasteiger partial charge on any atom is -0.318 e. The van der Waals surface area contributed by atoms with E-state index < -0.39 is 6.04 Å². The number of benzene rings is 2. The lowest BCUT2D eigenvalue weighted by molar-refractivity contribution is 0.0706. The molecule has 1 aliphatic heterocycles. The van der Waals surface area contributed by atoms with E-state index in [9.17, 15) is 10.1 Å². The van der Waals surface area contributed by atoms with Crippen molar-refractivity contribution in [1.29, 1.82) is 5.26 Å². The van der Waals surface area contributed by atoms with Gasteiger partial charge in [-0.25, -0.2) is 0 Å². The van der Waals surface area contributed by atoms with E-state index in [0.717, 1.165) is 17.5 Å². The highest BCUT2D eigenvalue weighted by atomic mass is 16.2. The fraction of sp³-hybridized carbons (Fsp3) is 0.176. The van der Waals surface area contributed by atoms with Crippen molar-refractivity contribution < 1.29 is 4.79 Å². The van der Waals surface area contributed by atoms with Crippen LogP contribution < -0.4 is 0 Å². The van der Waals surface area contributed by atoms with Crippen LogP contribution in [0.3, 0.4) is 0 Å². The fourth-order valence-electron chi connectivity index (χ4n) is 2.67. The summed E-state index contributed by atoms with van der Waals surface area (Å²) in [5.74, 6) is -0.0772. The average molecular weight is 262 g/mol. The Bertz CT molecular complexity index is 673. The number of carbonyl (C=O) groups is 1. The van der Waals surface area contributed by atoms with Gasteiger partial charge in [0.1, 0.15) is 6.04 Å². The summed E-state index contributed by atoms with van der Waals surface area (Å²) < 4.78 is 0. The standard InChI is InChI=1S/C17H14N2O/c18-12-16-15-9-5-4-6-13(15)10-11-19(16)17(20)14-7-2-1-3-8-14/h1-9,16H,10-11H2. The van der Waals surface area contributed by atoms with Gasteiger partial charge in [0.25, 0.3) is 5.91 Å². The molecule has 1 atom stereocenters. The zero-order valence-electron chi connectivity index (χ0n) is 11.0. The molecule has 3 heteroatoms. The van der Waals surface area contributed by atoms with Crippen LogP contribution in [-0.4, -0.2) is 17.4 Å². The minimum absolute atomic E-state index is 0.0772. The predicted molar refractivity (Wildman–Crippen MR) is 76.0 cm³/mol. The summed E-state index contributed by atoms with van der Waals surface area (Å²) in [5.41, 5.74) is 2.74. The quantitative estimate of drug-likeness (QED) is 0.793. The molecule has 0 spiro atoms. The molecule has 0 saturated carbocycles. The predicted octanol–water partition coefficient (Wildman–Crippen LogP) is 2.95. The second-order valence-corrected chi connectivity index (χ2v) is 4.85. The maximum atomic E-state index is 12.6. The summed E-state index contributed by atoms with van der Waals surface area (Å²) in [4.78, 5) is 14.2. The molecule has 0 N–H and O–H groups in total. The molecule has 1 unspecified atom stereocenters. The van der Waals surface area contributed by atoms with Crippen molar-refractivity contribution in [2.75, 3.05) is 6.54 Å². The maximum absolute atomic E-state index is 12.6. The van der Waals surface area contributed by atoms with E-state index in [1.807, 2.05) is 42.5 Å². The van der Waals surface area contributed by atoms with Crippen molar-refractivity contribution in [2.45, 2.75) is 12.5 Å². The molecule has 0 aromatic heterocycles. The molecule has 0 fully saturated rings. The Kier molecular flexibility index (Phi) is 3.22. The lowest BCUT2D eigenvalue weighted by Gasteiger charge is -2.33. The first kappa shape index (κ1) is 12.4. The number of amides is 1. The van der Waals surface area contributed by atoms with Gasteiger partial charge in [-0.15, -0.1) is 0 Å². The van der Waals surface area contributed by atoms with E-state index in [1.165, 1.54) is 0 Å². The SMILES string of the molecule is N#CC1c2ccccc2CCN1C(=O)c1ccccc1. The van der Waals surface area contributed by atoms with Crippen LogP contribution in [0.2, 0.25) is 0 Å². The van der Waals surface area contributed by atoms with Gasteiger partial charge in [0.2, 0.25) is 0 Å². The molecule has 1 amide bonds. The van der Waals surface area contributed by atoms with E-state index in [2.05, 4.69) is 6.07 Å². The van der Waals surface area contributed by atoms with Crippen molar-refractivity contribution >= 4 is 5.91 Å². The molecule has 1 heterocycles. The van der Waals surface area contributed by atoms with Gasteiger partial charge in [0.05, 0.1) is 6.07 Å². The Labute approximate surface area is 118 Å². The first-order valence-corrected chi connectivity index (χ1v) is 6.64. The zero-order chi connectivity index (χ0) is 13.9. The van der Waals surface area contributed by atoms with Gasteiger partial charge in [-0.2, -0.15) is 5.26 Å². The Morgan fingerprint density at radius 1 is 1.10 bits per heavy atom. The topological polar surface area (TPSA) is 44.1 Å². The van der Waals surface area contributed by atoms with Crippen LogP contribution in [-0.2, 0) is 6.42 Å². The number of fused-ring (bicyclic) bond motifs is 1. The monoisotopic (exact) mass is 262 g/mol. The first-order chi connectivity index (χ1) is 9.81. The van der Waals surface area contributed by atoms with Gasteiger partial charge in [0.15, 0.2) is 0 Å². The van der Waals surface area contributed by atoms with Gasteiger partial charge < -0.3 is 4.90 Å². The third kappa shape index (κ3) is 2.06. The van der Waals surface area contributed by atoms with Crippen LogP contribution in [0.15, 0.2) is 54.6 Å². The van der Waals surface area contributed by atoms with E-state index in [1.54, 1.807) is 17.0 Å². The highest BCUT2D eigenvalue weighted by molar-refractivity contribution is 5.94. The Morgan fingerprint density at radius 2 is 1.80 bits per heavy atom. The van der Waals surface area contributed by atoms with Crippen LogP contribution >= 0.6 is 0 Å². The van der Waals surface area contributed by atoms with Crippen LogP contribution in [0.1, 0.15) is 27.5 Å². The van der Waals surface area contributed by atoms with Crippen LogP contribution in [0.5, 0.6) is 0 Å². The highest BCUT2D eigenvalue weighted by Crippen LogP contribution is 2.30. The smallest absolute Gasteiger partial charge is 0.255 e. The zero-order valence-corrected chi connectivity index (χ0v) is 11.0. The van der Waals surface area contributed by atoms with E-state index in [0.29, 0.717) is 12.1 Å². The normalized spacial score (nSPS) is 17.1. The molecule has 2 aromatic carbocycles. The van der Waals surface area contributed by atoms with Gasteiger partial charge >= 0.3 is 0 Å². The molecule has 0 bridgehead atoms. The van der Waals surface area contributed by atoms with Gasteiger partial charge in [-0.05, 0) is 29.7 Å². The van der Waals surface area contributed by atoms with E-state index in [-0.39, 0.29) is 5.91 Å². The number of rotatable bonds is 1. The Balaban J connectivity index is 1.96. The highest BCUT2D eigenvalue weighted by Gasteiger charge is 2.30. The van der Waals surface area contributed by atoms with Gasteiger partial charge in [-0.3, -0.25) is 4.79 Å². The van der Waals surface area contributed by atoms with Crippen molar-refractivity contribution in [3.63, 3.8) is 0 Å². The van der Waals surface area contributed by atoms with Crippen molar-refractivity contribution in [1.82, 2.24) is 4.90 Å². The van der Waals surface area contributed by atoms with Crippen molar-refractivity contribution in [3.05, 3.63) is 71.3 Å². The number of nitrogens with zero attached hydrogens (tertiary/aromatic N) is 2. The third-order valence-electron chi connectivity index (χ3n) is 3.69. The number of hydrogen-bond acceptors (Lipinski definition) is 2. The third-order valence-corrected chi connectivity index (χ3v) is 3.69. The van der Waals surface area contributed by atoms with Crippen molar-refractivity contribution in [3.8, 4) is 6.07 Å². The first-order valence-electron chi connectivity index (χ1n) is 6.64. The fourth-order valence-corrected chi connectivity index (χ4v) is 2.67. The molecule has 1 aliphatic rings. The Morgan fingerprint density at radius 3 is 2.55 bits per heavy atom. The largest absolute Gasteiger partial charge is 0.318 e. The average Bonchev–Trinajstić information content (AvgIpc) is 2.54. The van der Waals surface area contributed by atoms with Gasteiger partial charge in [0, 0.05) is 12.1 Å². The second kappa shape index (κ2) is 5.18. The number of carbonyl (C=O) groups excluding carboxylic acids is 1. The summed E-state index contributed by atoms with van der Waals surface area (Å²) in [6.45, 7) is 0.586. The van der Waals surface area contributed by atoms with Crippen molar-refractivity contribution in [2.24, 2.45) is 0 Å². The molecule has 0 radical (unpaired) electrons. The molecular weight excluding hydrogens is 248 g/mol. The van der Waals surface area contributed by atoms with Crippen LogP contribution in [0.25, 0.3) is 0 Å². The molecule has 0 saturated heterocycles. The molecule has 3 nitrogen and oxygen atoms in total. The summed E-state index contributed by atoms with van der Waals surface area (Å²) in [5, 5.41) is 9.46. The molecule has 0 aliphatic carbocycles. The van der Waals surface area contributed by atoms with E-state index >= 15 is 0 Å². The molecule has 98 valence electrons. The van der Waals surface area contributed by atoms with Crippen LogP contribution in [0.4, 0.5) is 0 Å². The lowest BCUT2D eigenvalue weighted by atomic mass is 9.93. The lowest BCUT2D eigenvalue weighted by Crippen LogP contribution is -2.39. The molecule has 3 rings (SSSR count). The number of nitriles is 1. The van der Waals surface area contributed by atoms with Crippen LogP contribution in [0, 0.1) is 11.3 Å². The summed E-state index contributed by atoms with van der Waals surface area (Å²) in [6.07, 6.45) is 0.799. The second-order valence-electron chi connectivity index (χ2n) is 4.85. The number of hydrogen-bond donors (Lipinski definition) is 0. The van der Waals surface area contributed by atoms with Gasteiger partial charge in [-0.1, -0.05) is 42.5 Å². The maximum Gasteiger partial charge on any atom is 0.255 e. The summed E-state index contributed by atoms with van der Waals surface area (Å²) >= 11 is 0. The molecule has 20 heavy (non-hydrogen) atoms. The minimum atomic E-state index is -0.493. The summed E-state index contributed by atoms with van der Waals surface area (Å²) in [7, 11) is 0. The summed E-state index contributed by atoms with van der Waals surface area (Å²) in [6, 6.07) is 18.8. The molecular formula is C17H14N2O. The molecule has 2 aromatic rings.